The number of nitrogens with one attached hydrogen (secondary N) is 1. The van der Waals surface area contributed by atoms with Crippen LogP contribution in [0.3, 0.4) is 0 Å². The Morgan fingerprint density at radius 3 is 2.62 bits per heavy atom. The number of methoxy groups -OCH3 is 1. The first kappa shape index (κ1) is 20.2. The summed E-state index contributed by atoms with van der Waals surface area (Å²) < 4.78 is 18.6. The Balaban J connectivity index is 0.00000200. The quantitative estimate of drug-likeness (QED) is 0.835. The number of ether oxygens (including phenoxy) is 1. The van der Waals surface area contributed by atoms with Gasteiger partial charge in [0.15, 0.2) is 0 Å². The summed E-state index contributed by atoms with van der Waals surface area (Å²) >= 11 is 0. The smallest absolute Gasteiger partial charge is 0.126 e. The van der Waals surface area contributed by atoms with Gasteiger partial charge in [-0.25, -0.2) is 4.39 Å². The van der Waals surface area contributed by atoms with Crippen LogP contribution in [0.1, 0.15) is 18.0 Å². The molecule has 1 saturated heterocycles. The average Bonchev–Trinajstić information content (AvgIpc) is 2.46. The zero-order valence-corrected chi connectivity index (χ0v) is 13.8. The van der Waals surface area contributed by atoms with E-state index in [0.29, 0.717) is 5.75 Å². The fourth-order valence-corrected chi connectivity index (χ4v) is 2.58. The lowest BCUT2D eigenvalue weighted by Gasteiger charge is -2.35. The van der Waals surface area contributed by atoms with Crippen molar-refractivity contribution < 1.29 is 9.13 Å². The molecule has 6 heteroatoms. The highest BCUT2D eigenvalue weighted by molar-refractivity contribution is 5.85. The van der Waals surface area contributed by atoms with Crippen molar-refractivity contribution in [3.8, 4) is 5.75 Å². The van der Waals surface area contributed by atoms with Gasteiger partial charge < -0.3 is 10.1 Å². The second-order valence-electron chi connectivity index (χ2n) is 4.71. The Hall–Kier alpha value is -0.810. The van der Waals surface area contributed by atoms with Gasteiger partial charge in [0, 0.05) is 43.9 Å². The summed E-state index contributed by atoms with van der Waals surface area (Å²) in [7, 11) is 1.58. The maximum atomic E-state index is 13.3. The van der Waals surface area contributed by atoms with E-state index in [0.717, 1.165) is 38.2 Å². The lowest BCUT2D eigenvalue weighted by Crippen LogP contribution is -2.45. The van der Waals surface area contributed by atoms with E-state index in [9.17, 15) is 4.39 Å². The van der Waals surface area contributed by atoms with Gasteiger partial charge in [0.2, 0.25) is 0 Å². The van der Waals surface area contributed by atoms with Crippen LogP contribution < -0.4 is 10.1 Å². The van der Waals surface area contributed by atoms with Crippen LogP contribution in [0.4, 0.5) is 4.39 Å². The standard InChI is InChI=1S/C15H21FN2O.2ClH/c1-3-4-14(18-9-7-17-8-10-18)13-6-5-12(16)11-15(13)19-2;;/h3,5-6,11,14,17H,1,4,7-10H2,2H3;2*1H/t14-;;/m1../s1. The summed E-state index contributed by atoms with van der Waals surface area (Å²) in [6, 6.07) is 4.98. The summed E-state index contributed by atoms with van der Waals surface area (Å²) in [5.74, 6) is 0.351. The van der Waals surface area contributed by atoms with Gasteiger partial charge in [-0.05, 0) is 12.5 Å². The molecule has 0 aromatic heterocycles. The average molecular weight is 337 g/mol. The van der Waals surface area contributed by atoms with Gasteiger partial charge in [-0.3, -0.25) is 4.90 Å². The zero-order valence-electron chi connectivity index (χ0n) is 12.2. The Kier molecular flexibility index (Phi) is 9.62. The van der Waals surface area contributed by atoms with E-state index in [4.69, 9.17) is 4.74 Å². The highest BCUT2D eigenvalue weighted by Crippen LogP contribution is 2.32. The first-order valence-corrected chi connectivity index (χ1v) is 6.65. The van der Waals surface area contributed by atoms with E-state index in [1.807, 2.05) is 12.1 Å². The minimum atomic E-state index is -0.265. The monoisotopic (exact) mass is 336 g/mol. The Bertz CT molecular complexity index is 440. The molecule has 0 bridgehead atoms. The normalized spacial score (nSPS) is 16.3. The Morgan fingerprint density at radius 1 is 1.38 bits per heavy atom. The predicted octanol–water partition coefficient (Wildman–Crippen LogP) is 3.20. The number of nitrogens with zero attached hydrogens (tertiary/aromatic N) is 1. The molecule has 0 saturated carbocycles. The van der Waals surface area contributed by atoms with Crippen LogP contribution in [0.5, 0.6) is 5.75 Å². The van der Waals surface area contributed by atoms with Crippen molar-refractivity contribution >= 4 is 24.8 Å². The lowest BCUT2D eigenvalue weighted by molar-refractivity contribution is 0.171. The van der Waals surface area contributed by atoms with Gasteiger partial charge in [-0.15, -0.1) is 31.4 Å². The van der Waals surface area contributed by atoms with Crippen molar-refractivity contribution in [2.75, 3.05) is 33.3 Å². The van der Waals surface area contributed by atoms with Gasteiger partial charge in [-0.1, -0.05) is 12.1 Å². The molecule has 1 heterocycles. The van der Waals surface area contributed by atoms with E-state index < -0.39 is 0 Å². The van der Waals surface area contributed by atoms with Gasteiger partial charge in [0.1, 0.15) is 11.6 Å². The van der Waals surface area contributed by atoms with Crippen LogP contribution >= 0.6 is 24.8 Å². The highest BCUT2D eigenvalue weighted by Gasteiger charge is 2.23. The van der Waals surface area contributed by atoms with Gasteiger partial charge in [-0.2, -0.15) is 0 Å². The first-order valence-electron chi connectivity index (χ1n) is 6.65. The first-order chi connectivity index (χ1) is 9.26. The van der Waals surface area contributed by atoms with E-state index in [1.165, 1.54) is 12.1 Å². The van der Waals surface area contributed by atoms with E-state index in [-0.39, 0.29) is 36.7 Å². The molecule has 1 atom stereocenters. The second kappa shape index (κ2) is 10.0. The molecule has 0 spiro atoms. The van der Waals surface area contributed by atoms with Crippen LogP contribution in [0, 0.1) is 5.82 Å². The van der Waals surface area contributed by atoms with Crippen LogP contribution in [0.2, 0.25) is 0 Å². The van der Waals surface area contributed by atoms with Gasteiger partial charge >= 0.3 is 0 Å². The molecule has 1 aromatic rings. The molecular weight excluding hydrogens is 314 g/mol. The third kappa shape index (κ3) is 5.15. The molecule has 0 aliphatic carbocycles. The largest absolute Gasteiger partial charge is 0.496 e. The number of hydrogen-bond donors (Lipinski definition) is 1. The zero-order chi connectivity index (χ0) is 13.7. The minimum absolute atomic E-state index is 0. The number of halogens is 3. The van der Waals surface area contributed by atoms with E-state index in [2.05, 4.69) is 16.8 Å². The molecule has 1 fully saturated rings. The summed E-state index contributed by atoms with van der Waals surface area (Å²) in [4.78, 5) is 2.40. The summed E-state index contributed by atoms with van der Waals surface area (Å²) in [5, 5.41) is 3.34. The highest BCUT2D eigenvalue weighted by atomic mass is 35.5. The van der Waals surface area contributed by atoms with Crippen LogP contribution in [0.25, 0.3) is 0 Å². The minimum Gasteiger partial charge on any atom is -0.496 e. The predicted molar refractivity (Wildman–Crippen MR) is 89.4 cm³/mol. The number of piperazine rings is 1. The molecule has 1 aromatic carbocycles. The van der Waals surface area contributed by atoms with Crippen LogP contribution in [0.15, 0.2) is 30.9 Å². The third-order valence-corrected chi connectivity index (χ3v) is 3.54. The van der Waals surface area contributed by atoms with Crippen LogP contribution in [-0.4, -0.2) is 38.2 Å². The van der Waals surface area contributed by atoms with Gasteiger partial charge in [0.25, 0.3) is 0 Å². The molecule has 1 aliphatic rings. The van der Waals surface area contributed by atoms with Gasteiger partial charge in [0.05, 0.1) is 7.11 Å². The number of hydrogen-bond acceptors (Lipinski definition) is 3. The maximum Gasteiger partial charge on any atom is 0.126 e. The fraction of sp³-hybridized carbons (Fsp3) is 0.467. The molecule has 3 nitrogen and oxygen atoms in total. The number of benzene rings is 1. The van der Waals surface area contributed by atoms with E-state index in [1.54, 1.807) is 7.11 Å². The summed E-state index contributed by atoms with van der Waals surface area (Å²) in [6.45, 7) is 7.77. The Morgan fingerprint density at radius 2 is 2.05 bits per heavy atom. The lowest BCUT2D eigenvalue weighted by atomic mass is 10.00. The molecule has 1 aliphatic heterocycles. The molecule has 1 N–H and O–H groups in total. The topological polar surface area (TPSA) is 24.5 Å². The maximum absolute atomic E-state index is 13.3. The third-order valence-electron chi connectivity index (χ3n) is 3.54. The Labute approximate surface area is 138 Å². The van der Waals surface area contributed by atoms with Crippen molar-refractivity contribution in [2.24, 2.45) is 0 Å². The molecule has 2 rings (SSSR count). The van der Waals surface area contributed by atoms with E-state index >= 15 is 0 Å². The van der Waals surface area contributed by atoms with Crippen molar-refractivity contribution in [3.63, 3.8) is 0 Å². The molecule has 0 amide bonds. The molecule has 0 radical (unpaired) electrons. The van der Waals surface area contributed by atoms with Crippen molar-refractivity contribution in [1.82, 2.24) is 10.2 Å². The van der Waals surface area contributed by atoms with Crippen molar-refractivity contribution in [1.29, 1.82) is 0 Å². The summed E-state index contributed by atoms with van der Waals surface area (Å²) in [6.07, 6.45) is 2.75. The SMILES string of the molecule is C=CC[C@H](c1ccc(F)cc1OC)N1CCNCC1.Cl.Cl. The summed E-state index contributed by atoms with van der Waals surface area (Å²) in [5.41, 5.74) is 1.03. The molecule has 0 unspecified atom stereocenters. The fourth-order valence-electron chi connectivity index (χ4n) is 2.58. The van der Waals surface area contributed by atoms with Crippen molar-refractivity contribution in [3.05, 3.63) is 42.2 Å². The van der Waals surface area contributed by atoms with Crippen LogP contribution in [-0.2, 0) is 0 Å². The second-order valence-corrected chi connectivity index (χ2v) is 4.71. The molecule has 21 heavy (non-hydrogen) atoms. The molecule has 120 valence electrons. The number of rotatable bonds is 5. The molecular formula is C15H23Cl2FN2O. The van der Waals surface area contributed by atoms with Crippen molar-refractivity contribution in [2.45, 2.75) is 12.5 Å².